The maximum absolute atomic E-state index is 13.0. The van der Waals surface area contributed by atoms with Crippen LogP contribution in [0.3, 0.4) is 0 Å². The van der Waals surface area contributed by atoms with Crippen molar-refractivity contribution in [2.45, 2.75) is 26.7 Å². The summed E-state index contributed by atoms with van der Waals surface area (Å²) in [7, 11) is 0. The van der Waals surface area contributed by atoms with Crippen LogP contribution in [-0.2, 0) is 0 Å². The number of rotatable bonds is 5. The number of halogens is 1. The van der Waals surface area contributed by atoms with E-state index in [2.05, 4.69) is 11.1 Å². The Labute approximate surface area is 94.9 Å². The molecule has 3 nitrogen and oxygen atoms in total. The lowest BCUT2D eigenvalue weighted by Gasteiger charge is -2.14. The first-order valence-electron chi connectivity index (χ1n) is 5.20. The molecule has 0 fully saturated rings. The third-order valence-corrected chi connectivity index (χ3v) is 2.23. The molecule has 86 valence electrons. The number of hydrogen-bond donors (Lipinski definition) is 0. The van der Waals surface area contributed by atoms with Crippen molar-refractivity contribution in [2.24, 2.45) is 5.41 Å². The summed E-state index contributed by atoms with van der Waals surface area (Å²) < 4.78 is 18.3. The van der Waals surface area contributed by atoms with E-state index in [9.17, 15) is 4.39 Å². The van der Waals surface area contributed by atoms with Gasteiger partial charge in [-0.05, 0) is 38.8 Å². The maximum atomic E-state index is 13.0. The van der Waals surface area contributed by atoms with Crippen LogP contribution in [0.1, 0.15) is 26.7 Å². The predicted octanol–water partition coefficient (Wildman–Crippen LogP) is 2.93. The second kappa shape index (κ2) is 5.45. The summed E-state index contributed by atoms with van der Waals surface area (Å²) in [4.78, 5) is 3.48. The zero-order chi connectivity index (χ0) is 12.0. The molecule has 0 spiro atoms. The summed E-state index contributed by atoms with van der Waals surface area (Å²) in [6.07, 6.45) is 2.82. The molecule has 0 unspecified atom stereocenters. The highest BCUT2D eigenvalue weighted by Gasteiger charge is 2.15. The second-order valence-electron chi connectivity index (χ2n) is 4.24. The Morgan fingerprint density at radius 1 is 1.56 bits per heavy atom. The largest absolute Gasteiger partial charge is 0.489 e. The Bertz CT molecular complexity index is 385. The van der Waals surface area contributed by atoms with Crippen LogP contribution < -0.4 is 4.74 Å². The van der Waals surface area contributed by atoms with E-state index in [-0.39, 0.29) is 11.2 Å². The van der Waals surface area contributed by atoms with Gasteiger partial charge in [-0.3, -0.25) is 0 Å². The summed E-state index contributed by atoms with van der Waals surface area (Å²) in [5.41, 5.74) is -0.350. The monoisotopic (exact) mass is 222 g/mol. The van der Waals surface area contributed by atoms with Crippen molar-refractivity contribution in [3.8, 4) is 11.8 Å². The summed E-state index contributed by atoms with van der Waals surface area (Å²) in [6, 6.07) is 5.37. The van der Waals surface area contributed by atoms with E-state index >= 15 is 0 Å². The molecule has 0 saturated heterocycles. The van der Waals surface area contributed by atoms with Crippen molar-refractivity contribution in [1.82, 2.24) is 4.98 Å². The van der Waals surface area contributed by atoms with Gasteiger partial charge < -0.3 is 4.74 Å². The number of nitrogens with zero attached hydrogens (tertiary/aromatic N) is 2. The highest BCUT2D eigenvalue weighted by molar-refractivity contribution is 5.17. The van der Waals surface area contributed by atoms with Gasteiger partial charge in [0.15, 0.2) is 5.75 Å². The van der Waals surface area contributed by atoms with E-state index in [1.54, 1.807) is 6.07 Å². The van der Waals surface area contributed by atoms with E-state index in [4.69, 9.17) is 10.00 Å². The molecule has 0 atom stereocenters. The minimum absolute atomic E-state index is 0.164. The molecule has 0 bridgehead atoms. The van der Waals surface area contributed by atoms with E-state index in [1.165, 1.54) is 12.3 Å². The van der Waals surface area contributed by atoms with Gasteiger partial charge in [-0.25, -0.2) is 4.98 Å². The fourth-order valence-electron chi connectivity index (χ4n) is 1.23. The normalized spacial score (nSPS) is 10.9. The van der Waals surface area contributed by atoms with E-state index in [1.807, 2.05) is 13.8 Å². The van der Waals surface area contributed by atoms with Gasteiger partial charge in [0.2, 0.25) is 0 Å². The Balaban J connectivity index is 2.33. The fourth-order valence-corrected chi connectivity index (χ4v) is 1.23. The molecule has 16 heavy (non-hydrogen) atoms. The van der Waals surface area contributed by atoms with Crippen LogP contribution in [0.5, 0.6) is 5.75 Å². The third kappa shape index (κ3) is 3.85. The van der Waals surface area contributed by atoms with Crippen molar-refractivity contribution in [3.63, 3.8) is 0 Å². The third-order valence-electron chi connectivity index (χ3n) is 2.23. The molecule has 0 aliphatic rings. The minimum atomic E-state index is -0.595. The first-order chi connectivity index (χ1) is 7.55. The lowest BCUT2D eigenvalue weighted by molar-refractivity contribution is 0.270. The number of pyridine rings is 1. The average Bonchev–Trinajstić information content (AvgIpc) is 2.27. The SMILES string of the molecule is CC(C)(C#N)CCCOc1cccnc1F. The second-order valence-corrected chi connectivity index (χ2v) is 4.24. The van der Waals surface area contributed by atoms with Gasteiger partial charge in [-0.15, -0.1) is 0 Å². The highest BCUT2D eigenvalue weighted by atomic mass is 19.1. The number of aromatic nitrogens is 1. The Kier molecular flexibility index (Phi) is 4.24. The van der Waals surface area contributed by atoms with E-state index in [0.29, 0.717) is 6.61 Å². The number of ether oxygens (including phenoxy) is 1. The molecule has 0 N–H and O–H groups in total. The molecule has 0 aliphatic carbocycles. The molecule has 0 aliphatic heterocycles. The first-order valence-corrected chi connectivity index (χ1v) is 5.20. The van der Waals surface area contributed by atoms with Crippen LogP contribution in [0, 0.1) is 22.7 Å². The van der Waals surface area contributed by atoms with E-state index in [0.717, 1.165) is 12.8 Å². The molecule has 0 saturated carbocycles. The molecule has 1 aromatic rings. The molecule has 1 heterocycles. The summed E-state index contributed by atoms with van der Waals surface area (Å²) in [5.74, 6) is -0.431. The van der Waals surface area contributed by atoms with Crippen molar-refractivity contribution in [2.75, 3.05) is 6.61 Å². The zero-order valence-corrected chi connectivity index (χ0v) is 9.53. The molecule has 1 rings (SSSR count). The van der Waals surface area contributed by atoms with Crippen molar-refractivity contribution < 1.29 is 9.13 Å². The van der Waals surface area contributed by atoms with Crippen molar-refractivity contribution >= 4 is 0 Å². The Hall–Kier alpha value is -1.63. The molecule has 0 amide bonds. The van der Waals surface area contributed by atoms with Gasteiger partial charge in [-0.2, -0.15) is 9.65 Å². The van der Waals surface area contributed by atoms with Crippen molar-refractivity contribution in [1.29, 1.82) is 5.26 Å². The Morgan fingerprint density at radius 2 is 2.31 bits per heavy atom. The van der Waals surface area contributed by atoms with Gasteiger partial charge in [-0.1, -0.05) is 0 Å². The van der Waals surface area contributed by atoms with Crippen LogP contribution >= 0.6 is 0 Å². The lowest BCUT2D eigenvalue weighted by atomic mass is 9.90. The van der Waals surface area contributed by atoms with Crippen LogP contribution in [0.25, 0.3) is 0 Å². The Morgan fingerprint density at radius 3 is 2.94 bits per heavy atom. The average molecular weight is 222 g/mol. The number of nitriles is 1. The molecular formula is C12H15FN2O. The molecule has 0 radical (unpaired) electrons. The fraction of sp³-hybridized carbons (Fsp3) is 0.500. The van der Waals surface area contributed by atoms with Gasteiger partial charge in [0.1, 0.15) is 0 Å². The van der Waals surface area contributed by atoms with Crippen LogP contribution in [0.2, 0.25) is 0 Å². The number of hydrogen-bond acceptors (Lipinski definition) is 3. The van der Waals surface area contributed by atoms with Gasteiger partial charge in [0, 0.05) is 6.20 Å². The minimum Gasteiger partial charge on any atom is -0.489 e. The summed E-state index contributed by atoms with van der Waals surface area (Å²) in [6.45, 7) is 4.14. The van der Waals surface area contributed by atoms with Gasteiger partial charge >= 0.3 is 0 Å². The molecule has 1 aromatic heterocycles. The highest BCUT2D eigenvalue weighted by Crippen LogP contribution is 2.21. The maximum Gasteiger partial charge on any atom is 0.255 e. The molecular weight excluding hydrogens is 207 g/mol. The van der Waals surface area contributed by atoms with Gasteiger partial charge in [0.25, 0.3) is 5.95 Å². The lowest BCUT2D eigenvalue weighted by Crippen LogP contribution is -2.10. The first kappa shape index (κ1) is 12.4. The van der Waals surface area contributed by atoms with Crippen molar-refractivity contribution in [3.05, 3.63) is 24.3 Å². The van der Waals surface area contributed by atoms with E-state index < -0.39 is 5.95 Å². The zero-order valence-electron chi connectivity index (χ0n) is 9.53. The topological polar surface area (TPSA) is 45.9 Å². The summed E-state index contributed by atoms with van der Waals surface area (Å²) >= 11 is 0. The predicted molar refractivity (Wildman–Crippen MR) is 58.3 cm³/mol. The van der Waals surface area contributed by atoms with Gasteiger partial charge in [0.05, 0.1) is 18.1 Å². The van der Waals surface area contributed by atoms with Crippen LogP contribution in [0.4, 0.5) is 4.39 Å². The quantitative estimate of drug-likeness (QED) is 0.568. The smallest absolute Gasteiger partial charge is 0.255 e. The standard InChI is InChI=1S/C12H15FN2O/c1-12(2,9-14)6-4-8-16-10-5-3-7-15-11(10)13/h3,5,7H,4,6,8H2,1-2H3. The van der Waals surface area contributed by atoms with Crippen LogP contribution in [0.15, 0.2) is 18.3 Å². The summed E-state index contributed by atoms with van der Waals surface area (Å²) in [5, 5.41) is 8.79. The van der Waals surface area contributed by atoms with Crippen LogP contribution in [-0.4, -0.2) is 11.6 Å². The molecule has 4 heteroatoms. The molecule has 0 aromatic carbocycles.